The molecule has 2 fully saturated rings. The molecule has 51 valence electrons. The number of hydrogen-bond acceptors (Lipinski definition) is 0. The lowest BCUT2D eigenvalue weighted by atomic mass is 9.99. The van der Waals surface area contributed by atoms with E-state index in [0.29, 0.717) is 5.41 Å². The van der Waals surface area contributed by atoms with Gasteiger partial charge in [-0.3, -0.25) is 0 Å². The van der Waals surface area contributed by atoms with Crippen molar-refractivity contribution in [2.24, 2.45) is 11.3 Å². The lowest BCUT2D eigenvalue weighted by Gasteiger charge is -2.05. The average molecular weight is 123 g/mol. The zero-order valence-corrected chi connectivity index (χ0v) is 6.41. The molecule has 0 nitrogen and oxygen atoms in total. The van der Waals surface area contributed by atoms with Gasteiger partial charge in [0.15, 0.2) is 0 Å². The van der Waals surface area contributed by atoms with E-state index in [1.165, 1.54) is 25.7 Å². The molecule has 2 aliphatic carbocycles. The maximum absolute atomic E-state index is 2.42. The van der Waals surface area contributed by atoms with Crippen LogP contribution in [-0.2, 0) is 0 Å². The molecular weight excluding hydrogens is 108 g/mol. The minimum atomic E-state index is 0.709. The fraction of sp³-hybridized carbons (Fsp3) is 0.889. The van der Waals surface area contributed by atoms with E-state index in [0.717, 1.165) is 5.92 Å². The summed E-state index contributed by atoms with van der Waals surface area (Å²) in [6, 6.07) is 0. The van der Waals surface area contributed by atoms with Crippen LogP contribution in [0, 0.1) is 17.3 Å². The average Bonchev–Trinajstić information content (AvgIpc) is 2.56. The van der Waals surface area contributed by atoms with E-state index < -0.39 is 0 Å². The molecule has 0 heterocycles. The minimum absolute atomic E-state index is 0.709. The second-order valence-corrected chi connectivity index (χ2v) is 4.17. The van der Waals surface area contributed by atoms with Crippen LogP contribution >= 0.6 is 0 Å². The van der Waals surface area contributed by atoms with Crippen molar-refractivity contribution in [1.82, 2.24) is 0 Å². The topological polar surface area (TPSA) is 0 Å². The Kier molecular flexibility index (Phi) is 0.980. The SMILES string of the molecule is C[C]1CC1(C)CC1CC1. The highest BCUT2D eigenvalue weighted by molar-refractivity contribution is 5.20. The van der Waals surface area contributed by atoms with Gasteiger partial charge in [0.1, 0.15) is 0 Å². The van der Waals surface area contributed by atoms with Crippen LogP contribution in [0.4, 0.5) is 0 Å². The molecule has 0 amide bonds. The van der Waals surface area contributed by atoms with E-state index >= 15 is 0 Å². The van der Waals surface area contributed by atoms with Gasteiger partial charge >= 0.3 is 0 Å². The Balaban J connectivity index is 1.84. The lowest BCUT2D eigenvalue weighted by molar-refractivity contribution is 0.489. The fourth-order valence-corrected chi connectivity index (χ4v) is 1.75. The van der Waals surface area contributed by atoms with Crippen LogP contribution in [0.15, 0.2) is 0 Å². The summed E-state index contributed by atoms with van der Waals surface area (Å²) in [5, 5.41) is 0. The summed E-state index contributed by atoms with van der Waals surface area (Å²) in [6.07, 6.45) is 5.95. The first-order chi connectivity index (χ1) is 4.21. The van der Waals surface area contributed by atoms with Crippen LogP contribution in [0.25, 0.3) is 0 Å². The molecule has 0 N–H and O–H groups in total. The van der Waals surface area contributed by atoms with Crippen molar-refractivity contribution in [2.45, 2.75) is 39.5 Å². The molecule has 0 spiro atoms. The molecule has 0 aliphatic heterocycles. The van der Waals surface area contributed by atoms with Crippen LogP contribution in [0.5, 0.6) is 0 Å². The van der Waals surface area contributed by atoms with Crippen LogP contribution in [0.3, 0.4) is 0 Å². The first kappa shape index (κ1) is 5.76. The first-order valence-electron chi connectivity index (χ1n) is 4.04. The third kappa shape index (κ3) is 0.997. The standard InChI is InChI=1S/C9H15/c1-7-5-9(7,2)6-8-3-4-8/h8H,3-6H2,1-2H3. The molecule has 0 aromatic rings. The van der Waals surface area contributed by atoms with Crippen molar-refractivity contribution in [1.29, 1.82) is 0 Å². The molecular formula is C9H15. The molecule has 2 aliphatic rings. The molecule has 0 aromatic heterocycles. The van der Waals surface area contributed by atoms with Crippen molar-refractivity contribution >= 4 is 0 Å². The molecule has 0 saturated heterocycles. The van der Waals surface area contributed by atoms with Crippen LogP contribution in [-0.4, -0.2) is 0 Å². The van der Waals surface area contributed by atoms with Crippen molar-refractivity contribution < 1.29 is 0 Å². The Bertz CT molecular complexity index is 124. The van der Waals surface area contributed by atoms with E-state index in [9.17, 15) is 0 Å². The van der Waals surface area contributed by atoms with Gasteiger partial charge < -0.3 is 0 Å². The third-order valence-corrected chi connectivity index (χ3v) is 3.00. The van der Waals surface area contributed by atoms with E-state index in [-0.39, 0.29) is 0 Å². The molecule has 1 unspecified atom stereocenters. The van der Waals surface area contributed by atoms with E-state index in [2.05, 4.69) is 13.8 Å². The molecule has 0 heteroatoms. The van der Waals surface area contributed by atoms with Crippen molar-refractivity contribution in [2.75, 3.05) is 0 Å². The predicted octanol–water partition coefficient (Wildman–Crippen LogP) is 2.79. The van der Waals surface area contributed by atoms with Gasteiger partial charge in [-0.2, -0.15) is 0 Å². The van der Waals surface area contributed by atoms with Gasteiger partial charge in [0.2, 0.25) is 0 Å². The van der Waals surface area contributed by atoms with Gasteiger partial charge in [-0.25, -0.2) is 0 Å². The number of hydrogen-bond donors (Lipinski definition) is 0. The summed E-state index contributed by atoms with van der Waals surface area (Å²) in [6.45, 7) is 4.73. The second kappa shape index (κ2) is 1.53. The van der Waals surface area contributed by atoms with Crippen LogP contribution in [0.1, 0.15) is 39.5 Å². The summed E-state index contributed by atoms with van der Waals surface area (Å²) >= 11 is 0. The maximum atomic E-state index is 2.42. The van der Waals surface area contributed by atoms with Crippen molar-refractivity contribution in [3.63, 3.8) is 0 Å². The number of rotatable bonds is 2. The molecule has 1 atom stereocenters. The Morgan fingerprint density at radius 2 is 2.11 bits per heavy atom. The van der Waals surface area contributed by atoms with E-state index in [4.69, 9.17) is 0 Å². The predicted molar refractivity (Wildman–Crippen MR) is 39.0 cm³/mol. The molecule has 0 aromatic carbocycles. The highest BCUT2D eigenvalue weighted by Gasteiger charge is 2.49. The van der Waals surface area contributed by atoms with Crippen molar-refractivity contribution in [3.8, 4) is 0 Å². The summed E-state index contributed by atoms with van der Waals surface area (Å²) in [7, 11) is 0. The zero-order chi connectivity index (χ0) is 6.48. The summed E-state index contributed by atoms with van der Waals surface area (Å²) in [5.41, 5.74) is 0.709. The largest absolute Gasteiger partial charge is 0.0591 e. The van der Waals surface area contributed by atoms with E-state index in [1.807, 2.05) is 0 Å². The summed E-state index contributed by atoms with van der Waals surface area (Å²) < 4.78 is 0. The molecule has 2 saturated carbocycles. The summed E-state index contributed by atoms with van der Waals surface area (Å²) in [5.74, 6) is 2.86. The normalized spacial score (nSPS) is 43.3. The first-order valence-corrected chi connectivity index (χ1v) is 4.04. The highest BCUT2D eigenvalue weighted by Crippen LogP contribution is 2.60. The third-order valence-electron chi connectivity index (χ3n) is 3.00. The molecule has 0 bridgehead atoms. The van der Waals surface area contributed by atoms with Gasteiger partial charge in [0.25, 0.3) is 0 Å². The van der Waals surface area contributed by atoms with E-state index in [1.54, 1.807) is 5.92 Å². The Labute approximate surface area is 57.6 Å². The zero-order valence-electron chi connectivity index (χ0n) is 6.41. The van der Waals surface area contributed by atoms with Crippen molar-refractivity contribution in [3.05, 3.63) is 5.92 Å². The lowest BCUT2D eigenvalue weighted by Crippen LogP contribution is -1.95. The van der Waals surface area contributed by atoms with Gasteiger partial charge in [0.05, 0.1) is 0 Å². The summed E-state index contributed by atoms with van der Waals surface area (Å²) in [4.78, 5) is 0. The highest BCUT2D eigenvalue weighted by atomic mass is 14.5. The van der Waals surface area contributed by atoms with Gasteiger partial charge in [-0.1, -0.05) is 26.7 Å². The van der Waals surface area contributed by atoms with Crippen LogP contribution in [0.2, 0.25) is 0 Å². The molecule has 1 radical (unpaired) electrons. The fourth-order valence-electron chi connectivity index (χ4n) is 1.75. The molecule has 2 rings (SSSR count). The van der Waals surface area contributed by atoms with Crippen LogP contribution < -0.4 is 0 Å². The maximum Gasteiger partial charge on any atom is -0.0207 e. The Morgan fingerprint density at radius 3 is 2.44 bits per heavy atom. The second-order valence-electron chi connectivity index (χ2n) is 4.17. The van der Waals surface area contributed by atoms with Gasteiger partial charge in [-0.05, 0) is 30.1 Å². The quantitative estimate of drug-likeness (QED) is 0.529. The Morgan fingerprint density at radius 1 is 1.56 bits per heavy atom. The smallest absolute Gasteiger partial charge is 0.0207 e. The molecule has 9 heavy (non-hydrogen) atoms. The Hall–Kier alpha value is 0. The monoisotopic (exact) mass is 123 g/mol. The van der Waals surface area contributed by atoms with Gasteiger partial charge in [0, 0.05) is 0 Å². The minimum Gasteiger partial charge on any atom is -0.0591 e. The van der Waals surface area contributed by atoms with Gasteiger partial charge in [-0.15, -0.1) is 0 Å².